The lowest BCUT2D eigenvalue weighted by Gasteiger charge is -2.19. The predicted molar refractivity (Wildman–Crippen MR) is 31.1 cm³/mol. The van der Waals surface area contributed by atoms with Gasteiger partial charge in [-0.05, 0) is 0 Å². The number of phosphoric acid groups is 1. The molecule has 2 atom stereocenters. The van der Waals surface area contributed by atoms with Gasteiger partial charge in [-0.15, -0.1) is 0 Å². The van der Waals surface area contributed by atoms with Gasteiger partial charge in [-0.1, -0.05) is 6.92 Å². The maximum absolute atomic E-state index is 12.9. The van der Waals surface area contributed by atoms with E-state index in [0.717, 1.165) is 6.92 Å². The van der Waals surface area contributed by atoms with Gasteiger partial charge in [0, 0.05) is 6.42 Å². The Morgan fingerprint density at radius 2 is 1.92 bits per heavy atom. The Balaban J connectivity index is 3.00. The van der Waals surface area contributed by atoms with Crippen LogP contribution in [-0.2, 0) is 13.6 Å². The Bertz CT molecular complexity index is 244. The summed E-state index contributed by atoms with van der Waals surface area (Å²) in [6.07, 6.45) is -5.14. The van der Waals surface area contributed by atoms with E-state index in [0.29, 0.717) is 0 Å². The largest absolute Gasteiger partial charge is 0.480 e. The molecule has 8 heteroatoms. The van der Waals surface area contributed by atoms with Crippen LogP contribution in [0.2, 0.25) is 0 Å². The zero-order valence-corrected chi connectivity index (χ0v) is 6.85. The van der Waals surface area contributed by atoms with Gasteiger partial charge >= 0.3 is 19.8 Å². The fraction of sp³-hybridized carbons (Fsp3) is 1.00. The second-order valence-corrected chi connectivity index (χ2v) is 3.55. The highest BCUT2D eigenvalue weighted by molar-refractivity contribution is 7.47. The highest BCUT2D eigenvalue weighted by atomic mass is 31.2. The lowest BCUT2D eigenvalue weighted by atomic mass is 10.2. The lowest BCUT2D eigenvalue weighted by molar-refractivity contribution is -0.288. The van der Waals surface area contributed by atoms with E-state index >= 15 is 0 Å². The van der Waals surface area contributed by atoms with Crippen LogP contribution in [0.1, 0.15) is 13.3 Å². The molecule has 0 amide bonds. The standard InChI is InChI=1S/C4H6F3O4P/c1-2-3(5)4(6,7)11-12(8,9)10-3/h2H2,1H3,(H,8,9). The number of hydrogen-bond donors (Lipinski definition) is 1. The molecule has 0 radical (unpaired) electrons. The Hall–Kier alpha value is -0.100. The maximum atomic E-state index is 12.9. The summed E-state index contributed by atoms with van der Waals surface area (Å²) in [4.78, 5) is 8.39. The molecule has 0 spiro atoms. The molecule has 12 heavy (non-hydrogen) atoms. The van der Waals surface area contributed by atoms with Crippen LogP contribution in [0.25, 0.3) is 0 Å². The van der Waals surface area contributed by atoms with Gasteiger partial charge in [0.05, 0.1) is 0 Å². The minimum absolute atomic E-state index is 0.773. The molecule has 0 saturated carbocycles. The third-order valence-electron chi connectivity index (χ3n) is 1.38. The maximum Gasteiger partial charge on any atom is 0.480 e. The zero-order chi connectivity index (χ0) is 9.62. The number of alkyl halides is 3. The van der Waals surface area contributed by atoms with Gasteiger partial charge in [0.2, 0.25) is 0 Å². The fourth-order valence-corrected chi connectivity index (χ4v) is 1.80. The van der Waals surface area contributed by atoms with E-state index in [-0.39, 0.29) is 0 Å². The van der Waals surface area contributed by atoms with Crippen molar-refractivity contribution in [1.29, 1.82) is 0 Å². The van der Waals surface area contributed by atoms with E-state index in [1.807, 2.05) is 0 Å². The molecule has 1 rings (SSSR count). The molecular formula is C4H6F3O4P. The lowest BCUT2D eigenvalue weighted by Crippen LogP contribution is -2.40. The van der Waals surface area contributed by atoms with E-state index in [2.05, 4.69) is 9.05 Å². The molecule has 4 nitrogen and oxygen atoms in total. The van der Waals surface area contributed by atoms with Crippen LogP contribution in [-0.4, -0.2) is 16.9 Å². The monoisotopic (exact) mass is 206 g/mol. The van der Waals surface area contributed by atoms with Crippen molar-refractivity contribution in [3.05, 3.63) is 0 Å². The van der Waals surface area contributed by atoms with E-state index in [4.69, 9.17) is 4.89 Å². The Labute approximate surface area is 65.9 Å². The fourth-order valence-electron chi connectivity index (χ4n) is 0.738. The molecular weight excluding hydrogens is 200 g/mol. The molecule has 0 aliphatic carbocycles. The molecule has 1 aliphatic heterocycles. The minimum atomic E-state index is -4.93. The van der Waals surface area contributed by atoms with E-state index in [9.17, 15) is 17.7 Å². The van der Waals surface area contributed by atoms with Crippen molar-refractivity contribution < 1.29 is 31.7 Å². The molecule has 0 aromatic rings. The van der Waals surface area contributed by atoms with Crippen LogP contribution in [0.5, 0.6) is 0 Å². The van der Waals surface area contributed by atoms with Crippen LogP contribution >= 0.6 is 7.82 Å². The summed E-state index contributed by atoms with van der Waals surface area (Å²) in [5, 5.41) is 0. The van der Waals surface area contributed by atoms with Crippen LogP contribution in [0.3, 0.4) is 0 Å². The minimum Gasteiger partial charge on any atom is -0.302 e. The molecule has 1 saturated heterocycles. The molecule has 1 fully saturated rings. The van der Waals surface area contributed by atoms with Gasteiger partial charge in [0.1, 0.15) is 0 Å². The van der Waals surface area contributed by atoms with Crippen LogP contribution in [0.4, 0.5) is 13.2 Å². The highest BCUT2D eigenvalue weighted by Gasteiger charge is 2.69. The summed E-state index contributed by atoms with van der Waals surface area (Å²) in [7, 11) is -4.93. The molecule has 0 bridgehead atoms. The molecule has 0 aromatic carbocycles. The molecule has 1 N–H and O–H groups in total. The topological polar surface area (TPSA) is 55.8 Å². The summed E-state index contributed by atoms with van der Waals surface area (Å²) in [6.45, 7) is 1.04. The normalized spacial score (nSPS) is 46.4. The summed E-state index contributed by atoms with van der Waals surface area (Å²) < 4.78 is 54.9. The van der Waals surface area contributed by atoms with Crippen LogP contribution in [0, 0.1) is 0 Å². The summed E-state index contributed by atoms with van der Waals surface area (Å²) in [5.74, 6) is -3.50. The first-order valence-electron chi connectivity index (χ1n) is 3.03. The SMILES string of the molecule is CCC1(F)OP(=O)(O)OC1(F)F. The average molecular weight is 206 g/mol. The predicted octanol–water partition coefficient (Wildman–Crippen LogP) is 1.80. The zero-order valence-electron chi connectivity index (χ0n) is 5.96. The van der Waals surface area contributed by atoms with Crippen molar-refractivity contribution in [3.63, 3.8) is 0 Å². The summed E-state index contributed by atoms with van der Waals surface area (Å²) >= 11 is 0. The number of rotatable bonds is 1. The molecule has 1 heterocycles. The summed E-state index contributed by atoms with van der Waals surface area (Å²) in [5.41, 5.74) is 0. The number of hydrogen-bond acceptors (Lipinski definition) is 3. The van der Waals surface area contributed by atoms with Crippen LogP contribution < -0.4 is 0 Å². The van der Waals surface area contributed by atoms with Crippen LogP contribution in [0.15, 0.2) is 0 Å². The average Bonchev–Trinajstić information content (AvgIpc) is 1.98. The molecule has 0 aromatic heterocycles. The van der Waals surface area contributed by atoms with E-state index < -0.39 is 26.2 Å². The van der Waals surface area contributed by atoms with Crippen molar-refractivity contribution in [1.82, 2.24) is 0 Å². The van der Waals surface area contributed by atoms with Gasteiger partial charge in [-0.25, -0.2) is 18.0 Å². The van der Waals surface area contributed by atoms with Crippen molar-refractivity contribution in [3.8, 4) is 0 Å². The number of phosphoric ester groups is 1. The van der Waals surface area contributed by atoms with Gasteiger partial charge in [0.25, 0.3) is 0 Å². The van der Waals surface area contributed by atoms with Crippen molar-refractivity contribution in [2.45, 2.75) is 25.3 Å². The van der Waals surface area contributed by atoms with E-state index in [1.165, 1.54) is 0 Å². The van der Waals surface area contributed by atoms with Crippen molar-refractivity contribution >= 4 is 7.82 Å². The second kappa shape index (κ2) is 2.45. The van der Waals surface area contributed by atoms with Gasteiger partial charge < -0.3 is 4.89 Å². The third-order valence-corrected chi connectivity index (χ3v) is 2.36. The van der Waals surface area contributed by atoms with Gasteiger partial charge in [-0.3, -0.25) is 0 Å². The van der Waals surface area contributed by atoms with E-state index in [1.54, 1.807) is 0 Å². The molecule has 2 unspecified atom stereocenters. The smallest absolute Gasteiger partial charge is 0.302 e. The first-order valence-corrected chi connectivity index (χ1v) is 4.53. The van der Waals surface area contributed by atoms with Crippen molar-refractivity contribution in [2.24, 2.45) is 0 Å². The second-order valence-electron chi connectivity index (χ2n) is 2.25. The third kappa shape index (κ3) is 1.37. The van der Waals surface area contributed by atoms with Gasteiger partial charge in [0.15, 0.2) is 0 Å². The number of halogens is 3. The quantitative estimate of drug-likeness (QED) is 0.664. The van der Waals surface area contributed by atoms with Gasteiger partial charge in [-0.2, -0.15) is 8.78 Å². The van der Waals surface area contributed by atoms with Crippen molar-refractivity contribution in [2.75, 3.05) is 0 Å². The first kappa shape index (κ1) is 9.98. The Morgan fingerprint density at radius 3 is 2.08 bits per heavy atom. The Kier molecular flexibility index (Phi) is 2.03. The summed E-state index contributed by atoms with van der Waals surface area (Å²) in [6, 6.07) is 0. The molecule has 72 valence electrons. The highest BCUT2D eigenvalue weighted by Crippen LogP contribution is 2.64. The first-order chi connectivity index (χ1) is 5.22. The molecule has 1 aliphatic rings. The Morgan fingerprint density at radius 1 is 1.42 bits per heavy atom.